The van der Waals surface area contributed by atoms with Crippen molar-refractivity contribution < 1.29 is 4.79 Å². The molecule has 19 heavy (non-hydrogen) atoms. The Morgan fingerprint density at radius 1 is 1.42 bits per heavy atom. The molecule has 2 N–H and O–H groups in total. The average molecular weight is 255 g/mol. The van der Waals surface area contributed by atoms with Gasteiger partial charge in [0, 0.05) is 19.6 Å². The molecule has 2 rings (SSSR count). The van der Waals surface area contributed by atoms with Crippen molar-refractivity contribution in [3.05, 3.63) is 47.5 Å². The van der Waals surface area contributed by atoms with Crippen LogP contribution in [0, 0.1) is 17.2 Å². The first-order valence-electron chi connectivity index (χ1n) is 6.28. The zero-order valence-corrected chi connectivity index (χ0v) is 10.9. The fourth-order valence-electron chi connectivity index (χ4n) is 2.23. The summed E-state index contributed by atoms with van der Waals surface area (Å²) in [5.74, 6) is -0.00746. The van der Waals surface area contributed by atoms with Gasteiger partial charge in [-0.3, -0.25) is 4.79 Å². The quantitative estimate of drug-likeness (QED) is 0.830. The van der Waals surface area contributed by atoms with Crippen LogP contribution in [0.2, 0.25) is 0 Å². The predicted octanol–water partition coefficient (Wildman–Crippen LogP) is 1.42. The number of nitriles is 1. The third-order valence-electron chi connectivity index (χ3n) is 3.31. The zero-order chi connectivity index (χ0) is 13.8. The lowest BCUT2D eigenvalue weighted by Gasteiger charge is -2.20. The topological polar surface area (TPSA) is 70.1 Å². The molecule has 2 atom stereocenters. The molecule has 1 aliphatic rings. The highest BCUT2D eigenvalue weighted by atomic mass is 16.2. The summed E-state index contributed by atoms with van der Waals surface area (Å²) in [6.07, 6.45) is 4.47. The normalized spacial score (nSPS) is 21.1. The van der Waals surface area contributed by atoms with Crippen LogP contribution in [0.25, 0.3) is 0 Å². The van der Waals surface area contributed by atoms with Gasteiger partial charge in [0.25, 0.3) is 0 Å². The molecule has 4 nitrogen and oxygen atoms in total. The Labute approximate surface area is 113 Å². The maximum absolute atomic E-state index is 12.2. The highest BCUT2D eigenvalue weighted by Crippen LogP contribution is 2.19. The number of hydrogen-bond donors (Lipinski definition) is 1. The van der Waals surface area contributed by atoms with Crippen molar-refractivity contribution in [1.29, 1.82) is 5.26 Å². The van der Waals surface area contributed by atoms with Crippen LogP contribution in [0.5, 0.6) is 0 Å². The van der Waals surface area contributed by atoms with Gasteiger partial charge >= 0.3 is 0 Å². The highest BCUT2D eigenvalue weighted by Gasteiger charge is 2.25. The van der Waals surface area contributed by atoms with Gasteiger partial charge in [0.1, 0.15) is 0 Å². The van der Waals surface area contributed by atoms with Gasteiger partial charge in [0.2, 0.25) is 5.91 Å². The predicted molar refractivity (Wildman–Crippen MR) is 72.9 cm³/mol. The molecule has 1 aromatic carbocycles. The van der Waals surface area contributed by atoms with E-state index in [4.69, 9.17) is 11.0 Å². The number of rotatable bonds is 3. The molecule has 1 amide bonds. The van der Waals surface area contributed by atoms with E-state index in [1.54, 1.807) is 24.1 Å². The Kier molecular flexibility index (Phi) is 3.98. The van der Waals surface area contributed by atoms with E-state index in [0.717, 1.165) is 5.56 Å². The minimum Gasteiger partial charge on any atom is -0.341 e. The maximum atomic E-state index is 12.2. The molecule has 0 spiro atoms. The molecule has 2 unspecified atom stereocenters. The number of hydrogen-bond acceptors (Lipinski definition) is 3. The van der Waals surface area contributed by atoms with Gasteiger partial charge in [-0.2, -0.15) is 5.26 Å². The van der Waals surface area contributed by atoms with Crippen LogP contribution in [0.15, 0.2) is 36.4 Å². The van der Waals surface area contributed by atoms with Crippen molar-refractivity contribution in [2.75, 3.05) is 7.05 Å². The van der Waals surface area contributed by atoms with E-state index in [9.17, 15) is 4.79 Å². The van der Waals surface area contributed by atoms with Crippen molar-refractivity contribution in [3.8, 4) is 6.07 Å². The van der Waals surface area contributed by atoms with Gasteiger partial charge < -0.3 is 10.6 Å². The van der Waals surface area contributed by atoms with Gasteiger partial charge in [-0.1, -0.05) is 24.3 Å². The number of amides is 1. The summed E-state index contributed by atoms with van der Waals surface area (Å²) in [6.45, 7) is 0.546. The van der Waals surface area contributed by atoms with Crippen LogP contribution in [0.3, 0.4) is 0 Å². The Morgan fingerprint density at radius 2 is 2.11 bits per heavy atom. The highest BCUT2D eigenvalue weighted by molar-refractivity contribution is 5.81. The van der Waals surface area contributed by atoms with Crippen LogP contribution in [0.1, 0.15) is 17.5 Å². The second-order valence-corrected chi connectivity index (χ2v) is 4.89. The van der Waals surface area contributed by atoms with Crippen molar-refractivity contribution in [2.24, 2.45) is 11.7 Å². The largest absolute Gasteiger partial charge is 0.341 e. The molecule has 0 radical (unpaired) electrons. The van der Waals surface area contributed by atoms with Crippen molar-refractivity contribution in [3.63, 3.8) is 0 Å². The van der Waals surface area contributed by atoms with Crippen LogP contribution < -0.4 is 5.73 Å². The monoisotopic (exact) mass is 255 g/mol. The first-order chi connectivity index (χ1) is 9.10. The van der Waals surface area contributed by atoms with Gasteiger partial charge in [-0.25, -0.2) is 0 Å². The molecule has 0 saturated carbocycles. The minimum atomic E-state index is -0.0987. The van der Waals surface area contributed by atoms with E-state index in [-0.39, 0.29) is 17.9 Å². The Bertz CT molecular complexity index is 527. The number of nitrogens with two attached hydrogens (primary N) is 1. The third-order valence-corrected chi connectivity index (χ3v) is 3.31. The number of carbonyl (C=O) groups excluding carboxylic acids is 1. The minimum absolute atomic E-state index is 0.00254. The Morgan fingerprint density at radius 3 is 2.63 bits per heavy atom. The second kappa shape index (κ2) is 5.68. The van der Waals surface area contributed by atoms with Gasteiger partial charge in [-0.15, -0.1) is 0 Å². The van der Waals surface area contributed by atoms with Crippen molar-refractivity contribution >= 4 is 5.91 Å². The molecule has 98 valence electrons. The van der Waals surface area contributed by atoms with Crippen LogP contribution in [-0.4, -0.2) is 23.9 Å². The summed E-state index contributed by atoms with van der Waals surface area (Å²) in [5, 5.41) is 8.73. The molecular weight excluding hydrogens is 238 g/mol. The molecule has 0 aliphatic heterocycles. The fourth-order valence-corrected chi connectivity index (χ4v) is 2.23. The average Bonchev–Trinajstić information content (AvgIpc) is 2.85. The Hall–Kier alpha value is -2.12. The van der Waals surface area contributed by atoms with Crippen LogP contribution >= 0.6 is 0 Å². The third kappa shape index (κ3) is 3.21. The summed E-state index contributed by atoms with van der Waals surface area (Å²) in [5.41, 5.74) is 7.40. The molecule has 1 aromatic rings. The van der Waals surface area contributed by atoms with E-state index in [0.29, 0.717) is 18.5 Å². The lowest BCUT2D eigenvalue weighted by atomic mass is 10.1. The summed E-state index contributed by atoms with van der Waals surface area (Å²) >= 11 is 0. The van der Waals surface area contributed by atoms with E-state index in [1.165, 1.54) is 0 Å². The molecular formula is C15H17N3O. The van der Waals surface area contributed by atoms with Gasteiger partial charge in [0.15, 0.2) is 0 Å². The number of benzene rings is 1. The molecule has 4 heteroatoms. The second-order valence-electron chi connectivity index (χ2n) is 4.89. The first kappa shape index (κ1) is 13.3. The Balaban J connectivity index is 1.96. The number of carbonyl (C=O) groups is 1. The van der Waals surface area contributed by atoms with E-state index in [2.05, 4.69) is 6.07 Å². The van der Waals surface area contributed by atoms with E-state index < -0.39 is 0 Å². The molecule has 0 heterocycles. The standard InChI is InChI=1S/C15H17N3O/c1-18(15(19)13-6-7-14(17)8-13)10-12-4-2-11(9-16)3-5-12/h2-7,13-14H,8,10,17H2,1H3. The molecule has 0 fully saturated rings. The summed E-state index contributed by atoms with van der Waals surface area (Å²) in [4.78, 5) is 13.9. The smallest absolute Gasteiger partial charge is 0.229 e. The van der Waals surface area contributed by atoms with Gasteiger partial charge in [-0.05, 0) is 24.1 Å². The van der Waals surface area contributed by atoms with Crippen LogP contribution in [-0.2, 0) is 11.3 Å². The SMILES string of the molecule is CN(Cc1ccc(C#N)cc1)C(=O)C1C=CC(N)C1. The van der Waals surface area contributed by atoms with E-state index >= 15 is 0 Å². The first-order valence-corrected chi connectivity index (χ1v) is 6.28. The molecule has 1 aliphatic carbocycles. The zero-order valence-electron chi connectivity index (χ0n) is 10.9. The molecule has 0 bridgehead atoms. The lowest BCUT2D eigenvalue weighted by Crippen LogP contribution is -2.32. The fraction of sp³-hybridized carbons (Fsp3) is 0.333. The van der Waals surface area contributed by atoms with Crippen molar-refractivity contribution in [1.82, 2.24) is 4.90 Å². The summed E-state index contributed by atoms with van der Waals surface area (Å²) < 4.78 is 0. The summed E-state index contributed by atoms with van der Waals surface area (Å²) in [6, 6.07) is 9.35. The molecule has 0 aromatic heterocycles. The molecule has 0 saturated heterocycles. The lowest BCUT2D eigenvalue weighted by molar-refractivity contribution is -0.133. The maximum Gasteiger partial charge on any atom is 0.229 e. The van der Waals surface area contributed by atoms with Gasteiger partial charge in [0.05, 0.1) is 17.6 Å². The number of nitrogens with zero attached hydrogens (tertiary/aromatic N) is 2. The van der Waals surface area contributed by atoms with Crippen molar-refractivity contribution in [2.45, 2.75) is 19.0 Å². The van der Waals surface area contributed by atoms with E-state index in [1.807, 2.05) is 24.3 Å². The van der Waals surface area contributed by atoms with Crippen LogP contribution in [0.4, 0.5) is 0 Å². The summed E-state index contributed by atoms with van der Waals surface area (Å²) in [7, 11) is 1.79.